The molecule has 10 heteroatoms. The molecule has 0 heterocycles. The zero-order chi connectivity index (χ0) is 43.7. The van der Waals surface area contributed by atoms with E-state index in [1.165, 1.54) is 122 Å². The standard InChI is InChI=1S/C50H99NO9/c1-4-7-10-13-16-17-18-24-31-40-58-50(54)59-41-32-25-30-37-51(38-42-55-44-46-57-47-45-56-43-39-52)36-29-23-19-22-28-35-49(53)60-48(33-26-20-14-11-8-5-2)34-27-21-15-12-9-6-3/h48,52H,4-47H2,1-3H3. The molecule has 0 aromatic heterocycles. The number of carbonyl (C=O) groups excluding carboxylic acids is 2. The van der Waals surface area contributed by atoms with Gasteiger partial charge in [-0.2, -0.15) is 0 Å². The number of hydrogen-bond acceptors (Lipinski definition) is 10. The van der Waals surface area contributed by atoms with Crippen molar-refractivity contribution in [3.63, 3.8) is 0 Å². The van der Waals surface area contributed by atoms with E-state index in [1.54, 1.807) is 0 Å². The molecule has 0 amide bonds. The van der Waals surface area contributed by atoms with Crippen molar-refractivity contribution >= 4 is 12.1 Å². The summed E-state index contributed by atoms with van der Waals surface area (Å²) in [6.07, 6.45) is 36.7. The number of esters is 1. The lowest BCUT2D eigenvalue weighted by Crippen LogP contribution is -2.30. The summed E-state index contributed by atoms with van der Waals surface area (Å²) < 4.78 is 33.3. The molecule has 0 aromatic rings. The molecule has 358 valence electrons. The van der Waals surface area contributed by atoms with E-state index >= 15 is 0 Å². The minimum Gasteiger partial charge on any atom is -0.462 e. The van der Waals surface area contributed by atoms with Crippen molar-refractivity contribution < 1.29 is 43.1 Å². The van der Waals surface area contributed by atoms with Gasteiger partial charge in [-0.3, -0.25) is 4.79 Å². The molecule has 0 aliphatic heterocycles. The Morgan fingerprint density at radius 1 is 0.417 bits per heavy atom. The van der Waals surface area contributed by atoms with Gasteiger partial charge in [0.2, 0.25) is 0 Å². The molecule has 0 aliphatic rings. The molecule has 60 heavy (non-hydrogen) atoms. The number of rotatable bonds is 50. The smallest absolute Gasteiger partial charge is 0.462 e. The van der Waals surface area contributed by atoms with E-state index in [4.69, 9.17) is 33.5 Å². The van der Waals surface area contributed by atoms with Gasteiger partial charge in [0.1, 0.15) is 6.10 Å². The Bertz CT molecular complexity index is 848. The molecule has 0 fully saturated rings. The Kier molecular flexibility index (Phi) is 49.0. The van der Waals surface area contributed by atoms with Crippen LogP contribution >= 0.6 is 0 Å². The van der Waals surface area contributed by atoms with Crippen LogP contribution in [0.4, 0.5) is 4.79 Å². The highest BCUT2D eigenvalue weighted by molar-refractivity contribution is 5.69. The van der Waals surface area contributed by atoms with E-state index in [9.17, 15) is 9.59 Å². The molecule has 10 nitrogen and oxygen atoms in total. The molecule has 0 radical (unpaired) electrons. The summed E-state index contributed by atoms with van der Waals surface area (Å²) in [6.45, 7) is 13.5. The first-order valence-electron chi connectivity index (χ1n) is 25.6. The van der Waals surface area contributed by atoms with Crippen LogP contribution in [0.25, 0.3) is 0 Å². The predicted octanol–water partition coefficient (Wildman–Crippen LogP) is 12.9. The molecule has 0 bridgehead atoms. The fourth-order valence-corrected chi connectivity index (χ4v) is 7.46. The van der Waals surface area contributed by atoms with E-state index < -0.39 is 6.16 Å². The molecule has 0 unspecified atom stereocenters. The van der Waals surface area contributed by atoms with Crippen LogP contribution in [-0.2, 0) is 33.2 Å². The number of ether oxygens (including phenoxy) is 6. The molecule has 0 saturated heterocycles. The zero-order valence-corrected chi connectivity index (χ0v) is 39.9. The van der Waals surface area contributed by atoms with E-state index in [-0.39, 0.29) is 18.7 Å². The van der Waals surface area contributed by atoms with Crippen LogP contribution in [0.3, 0.4) is 0 Å². The fourth-order valence-electron chi connectivity index (χ4n) is 7.46. The lowest BCUT2D eigenvalue weighted by atomic mass is 10.0. The van der Waals surface area contributed by atoms with Crippen LogP contribution in [0.5, 0.6) is 0 Å². The molecule has 0 aromatic carbocycles. The third kappa shape index (κ3) is 46.1. The van der Waals surface area contributed by atoms with Crippen LogP contribution in [-0.4, -0.2) is 107 Å². The molecule has 1 N–H and O–H groups in total. The molecular weight excluding hydrogens is 759 g/mol. The Labute approximate surface area is 370 Å². The Morgan fingerprint density at radius 3 is 1.28 bits per heavy atom. The second-order valence-electron chi connectivity index (χ2n) is 17.0. The van der Waals surface area contributed by atoms with Gasteiger partial charge in [0, 0.05) is 13.0 Å². The second kappa shape index (κ2) is 50.2. The van der Waals surface area contributed by atoms with Gasteiger partial charge in [-0.15, -0.1) is 0 Å². The van der Waals surface area contributed by atoms with E-state index in [0.717, 1.165) is 96.7 Å². The maximum absolute atomic E-state index is 12.8. The minimum absolute atomic E-state index is 0.0000483. The number of aliphatic hydroxyl groups excluding tert-OH is 1. The monoisotopic (exact) mass is 858 g/mol. The summed E-state index contributed by atoms with van der Waals surface area (Å²) in [5, 5.41) is 8.79. The Morgan fingerprint density at radius 2 is 0.800 bits per heavy atom. The van der Waals surface area contributed by atoms with Crippen molar-refractivity contribution in [3.05, 3.63) is 0 Å². The molecule has 0 spiro atoms. The predicted molar refractivity (Wildman–Crippen MR) is 248 cm³/mol. The normalized spacial score (nSPS) is 11.6. The quantitative estimate of drug-likeness (QED) is 0.0469. The summed E-state index contributed by atoms with van der Waals surface area (Å²) in [5.74, 6) is -0.0000483. The first-order valence-corrected chi connectivity index (χ1v) is 25.6. The molecule has 0 aliphatic carbocycles. The van der Waals surface area contributed by atoms with Gasteiger partial charge in [-0.1, -0.05) is 156 Å². The topological polar surface area (TPSA) is 113 Å². The largest absolute Gasteiger partial charge is 0.508 e. The lowest BCUT2D eigenvalue weighted by molar-refractivity contribution is -0.150. The Hall–Kier alpha value is -1.46. The van der Waals surface area contributed by atoms with Crippen molar-refractivity contribution in [1.82, 2.24) is 4.90 Å². The SMILES string of the molecule is CCCCCCCCCCCOC(=O)OCCCCCN(CCCCCCCC(=O)OC(CCCCCCCC)CCCCCCCC)CCOCCOCCOCCO. The maximum atomic E-state index is 12.8. The third-order valence-electron chi connectivity index (χ3n) is 11.3. The second-order valence-corrected chi connectivity index (χ2v) is 17.0. The van der Waals surface area contributed by atoms with Crippen LogP contribution < -0.4 is 0 Å². The van der Waals surface area contributed by atoms with Gasteiger partial charge in [0.25, 0.3) is 0 Å². The lowest BCUT2D eigenvalue weighted by Gasteiger charge is -2.22. The number of aliphatic hydroxyl groups is 1. The highest BCUT2D eigenvalue weighted by Crippen LogP contribution is 2.18. The van der Waals surface area contributed by atoms with Gasteiger partial charge in [0.05, 0.1) is 59.5 Å². The van der Waals surface area contributed by atoms with Gasteiger partial charge in [-0.25, -0.2) is 4.79 Å². The van der Waals surface area contributed by atoms with E-state index in [1.807, 2.05) is 0 Å². The summed E-state index contributed by atoms with van der Waals surface area (Å²) in [6, 6.07) is 0. The van der Waals surface area contributed by atoms with Crippen LogP contribution in [0, 0.1) is 0 Å². The van der Waals surface area contributed by atoms with E-state index in [2.05, 4.69) is 25.7 Å². The highest BCUT2D eigenvalue weighted by atomic mass is 16.7. The zero-order valence-electron chi connectivity index (χ0n) is 39.9. The Balaban J connectivity index is 4.39. The number of carbonyl (C=O) groups is 2. The first kappa shape index (κ1) is 58.5. The van der Waals surface area contributed by atoms with Crippen LogP contribution in [0.1, 0.15) is 226 Å². The minimum atomic E-state index is -0.539. The van der Waals surface area contributed by atoms with Gasteiger partial charge in [0.15, 0.2) is 0 Å². The van der Waals surface area contributed by atoms with Gasteiger partial charge >= 0.3 is 12.1 Å². The molecule has 0 rings (SSSR count). The average molecular weight is 858 g/mol. The van der Waals surface area contributed by atoms with Crippen molar-refractivity contribution in [2.24, 2.45) is 0 Å². The van der Waals surface area contributed by atoms with Crippen LogP contribution in [0.15, 0.2) is 0 Å². The highest BCUT2D eigenvalue weighted by Gasteiger charge is 2.14. The maximum Gasteiger partial charge on any atom is 0.508 e. The average Bonchev–Trinajstić information content (AvgIpc) is 3.24. The van der Waals surface area contributed by atoms with Gasteiger partial charge in [-0.05, 0) is 77.3 Å². The summed E-state index contributed by atoms with van der Waals surface area (Å²) >= 11 is 0. The summed E-state index contributed by atoms with van der Waals surface area (Å²) in [4.78, 5) is 27.3. The van der Waals surface area contributed by atoms with Crippen molar-refractivity contribution in [2.45, 2.75) is 232 Å². The molecule has 0 atom stereocenters. The number of hydrogen-bond donors (Lipinski definition) is 1. The third-order valence-corrected chi connectivity index (χ3v) is 11.3. The molecular formula is C50H99NO9. The van der Waals surface area contributed by atoms with Gasteiger partial charge < -0.3 is 38.4 Å². The summed E-state index contributed by atoms with van der Waals surface area (Å²) in [5.41, 5.74) is 0. The number of nitrogens with zero attached hydrogens (tertiary/aromatic N) is 1. The van der Waals surface area contributed by atoms with Crippen molar-refractivity contribution in [3.8, 4) is 0 Å². The number of unbranched alkanes of at least 4 members (excludes halogenated alkanes) is 24. The van der Waals surface area contributed by atoms with E-state index in [0.29, 0.717) is 59.3 Å². The van der Waals surface area contributed by atoms with Crippen LogP contribution in [0.2, 0.25) is 0 Å². The summed E-state index contributed by atoms with van der Waals surface area (Å²) in [7, 11) is 0. The first-order chi connectivity index (χ1) is 29.6. The van der Waals surface area contributed by atoms with Crippen molar-refractivity contribution in [1.29, 1.82) is 0 Å². The van der Waals surface area contributed by atoms with Crippen molar-refractivity contribution in [2.75, 3.05) is 79.1 Å². The fraction of sp³-hybridized carbons (Fsp3) is 0.960. The molecule has 0 saturated carbocycles.